The minimum absolute atomic E-state index is 0.0399. The Labute approximate surface area is 181 Å². The third kappa shape index (κ3) is 4.88. The Morgan fingerprint density at radius 2 is 1.93 bits per heavy atom. The number of carbonyl (C=O) groups excluding carboxylic acids is 1. The smallest absolute Gasteiger partial charge is 0.242 e. The van der Waals surface area contributed by atoms with E-state index >= 15 is 0 Å². The Hall–Kier alpha value is -3.13. The van der Waals surface area contributed by atoms with Crippen LogP contribution < -0.4 is 9.47 Å². The van der Waals surface area contributed by atoms with E-state index < -0.39 is 0 Å². The number of methoxy groups -OCH3 is 2. The molecule has 8 heteroatoms. The van der Waals surface area contributed by atoms with Crippen molar-refractivity contribution in [3.63, 3.8) is 0 Å². The first kappa shape index (κ1) is 21.6. The molecule has 0 saturated carbocycles. The molecule has 0 spiro atoms. The Morgan fingerprint density at radius 1 is 1.17 bits per heavy atom. The molecule has 30 heavy (non-hydrogen) atoms. The molecule has 3 aromatic rings. The zero-order valence-electron chi connectivity index (χ0n) is 17.6. The van der Waals surface area contributed by atoms with Gasteiger partial charge in [-0.3, -0.25) is 14.5 Å². The molecule has 0 aliphatic carbocycles. The number of aromatic nitrogens is 3. The van der Waals surface area contributed by atoms with E-state index in [4.69, 9.17) is 21.7 Å². The monoisotopic (exact) mass is 426 g/mol. The number of H-pyrrole nitrogens is 1. The summed E-state index contributed by atoms with van der Waals surface area (Å²) in [5, 5.41) is 7.12. The van der Waals surface area contributed by atoms with E-state index in [2.05, 4.69) is 10.2 Å². The van der Waals surface area contributed by atoms with E-state index in [0.29, 0.717) is 35.1 Å². The van der Waals surface area contributed by atoms with Crippen LogP contribution in [-0.4, -0.2) is 53.4 Å². The standard InChI is InChI=1S/C22H26N4O3S/c1-15-6-5-7-17(12-15)21-23-24-22(30)26(21)14-20(27)25(2)11-10-16-8-9-18(28-3)19(13-16)29-4/h5-9,12-13H,10-11,14H2,1-4H3,(H,24,30). The van der Waals surface area contributed by atoms with Gasteiger partial charge in [0.15, 0.2) is 22.1 Å². The second-order valence-electron chi connectivity index (χ2n) is 7.06. The average molecular weight is 427 g/mol. The van der Waals surface area contributed by atoms with Gasteiger partial charge in [0, 0.05) is 19.2 Å². The van der Waals surface area contributed by atoms with Gasteiger partial charge in [0.1, 0.15) is 6.54 Å². The quantitative estimate of drug-likeness (QED) is 0.557. The maximum absolute atomic E-state index is 12.8. The van der Waals surface area contributed by atoms with Crippen molar-refractivity contribution in [3.05, 3.63) is 58.4 Å². The molecule has 0 atom stereocenters. The van der Waals surface area contributed by atoms with Crippen molar-refractivity contribution >= 4 is 18.1 Å². The van der Waals surface area contributed by atoms with Crippen LogP contribution in [0.15, 0.2) is 42.5 Å². The fraction of sp³-hybridized carbons (Fsp3) is 0.318. The normalized spacial score (nSPS) is 10.7. The van der Waals surface area contributed by atoms with E-state index in [1.54, 1.807) is 30.7 Å². The molecule has 1 amide bonds. The third-order valence-electron chi connectivity index (χ3n) is 4.94. The minimum Gasteiger partial charge on any atom is -0.493 e. The first-order valence-electron chi connectivity index (χ1n) is 9.60. The topological polar surface area (TPSA) is 72.4 Å². The van der Waals surface area contributed by atoms with E-state index in [-0.39, 0.29) is 12.5 Å². The minimum atomic E-state index is -0.0399. The van der Waals surface area contributed by atoms with Gasteiger partial charge in [-0.2, -0.15) is 5.10 Å². The van der Waals surface area contributed by atoms with Gasteiger partial charge in [-0.25, -0.2) is 0 Å². The van der Waals surface area contributed by atoms with E-state index in [1.807, 2.05) is 49.4 Å². The van der Waals surface area contributed by atoms with Crippen LogP contribution in [0.5, 0.6) is 11.5 Å². The van der Waals surface area contributed by atoms with Gasteiger partial charge in [0.05, 0.1) is 14.2 Å². The second kappa shape index (κ2) is 9.58. The van der Waals surface area contributed by atoms with Gasteiger partial charge in [-0.15, -0.1) is 0 Å². The number of benzene rings is 2. The van der Waals surface area contributed by atoms with Crippen LogP contribution in [0.4, 0.5) is 0 Å². The summed E-state index contributed by atoms with van der Waals surface area (Å²) in [6.07, 6.45) is 0.699. The number of aromatic amines is 1. The van der Waals surface area contributed by atoms with Crippen LogP contribution >= 0.6 is 12.2 Å². The highest BCUT2D eigenvalue weighted by molar-refractivity contribution is 7.71. The molecule has 0 unspecified atom stereocenters. The largest absolute Gasteiger partial charge is 0.493 e. The molecule has 0 aliphatic heterocycles. The maximum Gasteiger partial charge on any atom is 0.242 e. The first-order chi connectivity index (χ1) is 14.4. The molecule has 158 valence electrons. The van der Waals surface area contributed by atoms with Crippen LogP contribution in [0.3, 0.4) is 0 Å². The van der Waals surface area contributed by atoms with Crippen LogP contribution in [0.2, 0.25) is 0 Å². The summed E-state index contributed by atoms with van der Waals surface area (Å²) in [5.41, 5.74) is 3.10. The predicted octanol–water partition coefficient (Wildman–Crippen LogP) is 3.63. The third-order valence-corrected chi connectivity index (χ3v) is 5.25. The average Bonchev–Trinajstić information content (AvgIpc) is 3.11. The molecule has 0 saturated heterocycles. The second-order valence-corrected chi connectivity index (χ2v) is 7.45. The lowest BCUT2D eigenvalue weighted by Crippen LogP contribution is -2.32. The number of rotatable bonds is 8. The van der Waals surface area contributed by atoms with Gasteiger partial charge in [0.2, 0.25) is 5.91 Å². The summed E-state index contributed by atoms with van der Waals surface area (Å²) in [4.78, 5) is 14.5. The van der Waals surface area contributed by atoms with Crippen LogP contribution in [0.1, 0.15) is 11.1 Å². The Bertz CT molecular complexity index is 1090. The molecular weight excluding hydrogens is 400 g/mol. The molecular formula is C22H26N4O3S. The molecule has 0 aliphatic rings. The number of nitrogens with one attached hydrogen (secondary N) is 1. The molecule has 1 aromatic heterocycles. The Kier molecular flexibility index (Phi) is 6.89. The predicted molar refractivity (Wildman–Crippen MR) is 118 cm³/mol. The molecule has 0 fully saturated rings. The number of hydrogen-bond acceptors (Lipinski definition) is 5. The Morgan fingerprint density at radius 3 is 2.63 bits per heavy atom. The number of carbonyl (C=O) groups is 1. The molecule has 1 heterocycles. The zero-order valence-corrected chi connectivity index (χ0v) is 18.5. The van der Waals surface area contributed by atoms with E-state index in [0.717, 1.165) is 16.7 Å². The first-order valence-corrected chi connectivity index (χ1v) is 10.0. The number of nitrogens with zero attached hydrogens (tertiary/aromatic N) is 3. The molecule has 3 rings (SSSR count). The zero-order chi connectivity index (χ0) is 21.7. The van der Waals surface area contributed by atoms with Gasteiger partial charge in [-0.1, -0.05) is 29.8 Å². The molecule has 2 aromatic carbocycles. The lowest BCUT2D eigenvalue weighted by molar-refractivity contribution is -0.130. The molecule has 1 N–H and O–H groups in total. The van der Waals surface area contributed by atoms with Gasteiger partial charge in [0.25, 0.3) is 0 Å². The highest BCUT2D eigenvalue weighted by atomic mass is 32.1. The summed E-state index contributed by atoms with van der Waals surface area (Å²) in [6.45, 7) is 2.71. The van der Waals surface area contributed by atoms with Crippen molar-refractivity contribution in [1.29, 1.82) is 0 Å². The summed E-state index contributed by atoms with van der Waals surface area (Å²) >= 11 is 5.35. The molecule has 0 bridgehead atoms. The number of likely N-dealkylation sites (N-methyl/N-ethyl adjacent to an activating group) is 1. The van der Waals surface area contributed by atoms with Gasteiger partial charge < -0.3 is 14.4 Å². The highest BCUT2D eigenvalue weighted by Crippen LogP contribution is 2.27. The fourth-order valence-corrected chi connectivity index (χ4v) is 3.38. The summed E-state index contributed by atoms with van der Waals surface area (Å²) in [6, 6.07) is 13.7. The fourth-order valence-electron chi connectivity index (χ4n) is 3.18. The number of ether oxygens (including phenoxy) is 2. The van der Waals surface area contributed by atoms with Crippen molar-refractivity contribution in [2.45, 2.75) is 19.9 Å². The number of amides is 1. The lowest BCUT2D eigenvalue weighted by atomic mass is 10.1. The summed E-state index contributed by atoms with van der Waals surface area (Å²) < 4.78 is 12.8. The number of hydrogen-bond donors (Lipinski definition) is 1. The van der Waals surface area contributed by atoms with Crippen LogP contribution in [-0.2, 0) is 17.8 Å². The van der Waals surface area contributed by atoms with Crippen molar-refractivity contribution in [3.8, 4) is 22.9 Å². The van der Waals surface area contributed by atoms with E-state index in [9.17, 15) is 4.79 Å². The van der Waals surface area contributed by atoms with Crippen LogP contribution in [0, 0.1) is 11.7 Å². The SMILES string of the molecule is COc1ccc(CCN(C)C(=O)Cn2c(-c3cccc(C)c3)n[nH]c2=S)cc1OC. The van der Waals surface area contributed by atoms with Gasteiger partial charge in [-0.05, 0) is 49.3 Å². The van der Waals surface area contributed by atoms with Crippen molar-refractivity contribution in [2.75, 3.05) is 27.8 Å². The van der Waals surface area contributed by atoms with Gasteiger partial charge >= 0.3 is 0 Å². The molecule has 0 radical (unpaired) electrons. The van der Waals surface area contributed by atoms with Crippen LogP contribution in [0.25, 0.3) is 11.4 Å². The van der Waals surface area contributed by atoms with Crippen molar-refractivity contribution < 1.29 is 14.3 Å². The maximum atomic E-state index is 12.8. The number of aryl methyl sites for hydroxylation is 1. The lowest BCUT2D eigenvalue weighted by Gasteiger charge is -2.18. The van der Waals surface area contributed by atoms with Crippen molar-refractivity contribution in [2.24, 2.45) is 0 Å². The summed E-state index contributed by atoms with van der Waals surface area (Å²) in [5.74, 6) is 1.98. The Balaban J connectivity index is 1.68. The van der Waals surface area contributed by atoms with Crippen molar-refractivity contribution in [1.82, 2.24) is 19.7 Å². The molecule has 7 nitrogen and oxygen atoms in total. The highest BCUT2D eigenvalue weighted by Gasteiger charge is 2.16. The van der Waals surface area contributed by atoms with E-state index in [1.165, 1.54) is 0 Å². The summed E-state index contributed by atoms with van der Waals surface area (Å²) in [7, 11) is 5.01.